The molecule has 1 N–H and O–H groups in total. The quantitative estimate of drug-likeness (QED) is 0.845. The third-order valence-corrected chi connectivity index (χ3v) is 3.59. The molecule has 112 valence electrons. The summed E-state index contributed by atoms with van der Waals surface area (Å²) in [6.07, 6.45) is 2.15. The predicted molar refractivity (Wildman–Crippen MR) is 80.6 cm³/mol. The summed E-state index contributed by atoms with van der Waals surface area (Å²) >= 11 is 0. The van der Waals surface area contributed by atoms with E-state index < -0.39 is 0 Å². The molecule has 0 atom stereocenters. The minimum Gasteiger partial charge on any atom is -0.466 e. The molecule has 6 heteroatoms. The van der Waals surface area contributed by atoms with Crippen molar-refractivity contribution in [1.29, 1.82) is 0 Å². The largest absolute Gasteiger partial charge is 0.466 e. The van der Waals surface area contributed by atoms with Gasteiger partial charge in [0.25, 0.3) is 0 Å². The lowest BCUT2D eigenvalue weighted by Gasteiger charge is -2.29. The van der Waals surface area contributed by atoms with E-state index in [1.807, 2.05) is 25.3 Å². The van der Waals surface area contributed by atoms with Crippen molar-refractivity contribution in [1.82, 2.24) is 14.7 Å². The maximum Gasteiger partial charge on any atom is 0.311 e. The van der Waals surface area contributed by atoms with Crippen molar-refractivity contribution in [2.45, 2.75) is 13.3 Å². The van der Waals surface area contributed by atoms with Crippen LogP contribution in [0.25, 0.3) is 5.65 Å². The normalized spacial score (nSPS) is 15.4. The molecule has 1 aliphatic heterocycles. The molecule has 2 aromatic rings. The summed E-state index contributed by atoms with van der Waals surface area (Å²) in [6, 6.07) is 6.06. The summed E-state index contributed by atoms with van der Waals surface area (Å²) in [5, 5.41) is 3.35. The summed E-state index contributed by atoms with van der Waals surface area (Å²) in [7, 11) is 0. The Morgan fingerprint density at radius 1 is 1.38 bits per heavy atom. The highest BCUT2D eigenvalue weighted by Crippen LogP contribution is 2.18. The number of nitrogens with zero attached hydrogens (tertiary/aromatic N) is 3. The van der Waals surface area contributed by atoms with Gasteiger partial charge in [-0.1, -0.05) is 6.07 Å². The fourth-order valence-electron chi connectivity index (χ4n) is 2.64. The van der Waals surface area contributed by atoms with Crippen molar-refractivity contribution in [3.05, 3.63) is 30.1 Å². The number of pyridine rings is 1. The monoisotopic (exact) mass is 288 g/mol. The van der Waals surface area contributed by atoms with Crippen molar-refractivity contribution < 1.29 is 9.53 Å². The number of fused-ring (bicyclic) bond motifs is 1. The van der Waals surface area contributed by atoms with Gasteiger partial charge in [0.2, 0.25) is 0 Å². The van der Waals surface area contributed by atoms with E-state index in [2.05, 4.69) is 25.7 Å². The SMILES string of the molecule is CCOC(=O)Cc1cn2c(N3CCNCC3)cccc2n1. The van der Waals surface area contributed by atoms with Crippen LogP contribution < -0.4 is 10.2 Å². The highest BCUT2D eigenvalue weighted by atomic mass is 16.5. The number of carbonyl (C=O) groups is 1. The molecule has 1 fully saturated rings. The molecule has 0 aliphatic carbocycles. The zero-order chi connectivity index (χ0) is 14.7. The number of nitrogens with one attached hydrogen (secondary N) is 1. The Morgan fingerprint density at radius 3 is 2.95 bits per heavy atom. The van der Waals surface area contributed by atoms with Gasteiger partial charge in [0.15, 0.2) is 0 Å². The Hall–Kier alpha value is -2.08. The Labute approximate surface area is 123 Å². The molecule has 0 saturated carbocycles. The molecular weight excluding hydrogens is 268 g/mol. The van der Waals surface area contributed by atoms with E-state index in [1.165, 1.54) is 0 Å². The van der Waals surface area contributed by atoms with E-state index in [4.69, 9.17) is 4.74 Å². The zero-order valence-corrected chi connectivity index (χ0v) is 12.2. The third-order valence-electron chi connectivity index (χ3n) is 3.59. The highest BCUT2D eigenvalue weighted by molar-refractivity contribution is 5.72. The van der Waals surface area contributed by atoms with Crippen LogP contribution in [0.15, 0.2) is 24.4 Å². The molecule has 0 spiro atoms. The molecule has 0 unspecified atom stereocenters. The Bertz CT molecular complexity index is 632. The van der Waals surface area contributed by atoms with Crippen LogP contribution in [0.4, 0.5) is 5.82 Å². The molecule has 3 heterocycles. The van der Waals surface area contributed by atoms with Crippen LogP contribution in [0.5, 0.6) is 0 Å². The topological polar surface area (TPSA) is 58.9 Å². The molecule has 2 aromatic heterocycles. The van der Waals surface area contributed by atoms with Gasteiger partial charge >= 0.3 is 5.97 Å². The van der Waals surface area contributed by atoms with E-state index in [0.29, 0.717) is 6.61 Å². The predicted octanol–water partition coefficient (Wildman–Crippen LogP) is 0.849. The van der Waals surface area contributed by atoms with E-state index in [0.717, 1.165) is 43.3 Å². The van der Waals surface area contributed by atoms with Gasteiger partial charge in [-0.3, -0.25) is 9.20 Å². The molecule has 21 heavy (non-hydrogen) atoms. The Kier molecular flexibility index (Phi) is 4.06. The van der Waals surface area contributed by atoms with Gasteiger partial charge in [0, 0.05) is 32.4 Å². The number of hydrogen-bond acceptors (Lipinski definition) is 5. The number of imidazole rings is 1. The second-order valence-corrected chi connectivity index (χ2v) is 5.06. The van der Waals surface area contributed by atoms with E-state index in [1.54, 1.807) is 0 Å². The smallest absolute Gasteiger partial charge is 0.311 e. The molecule has 1 saturated heterocycles. The molecule has 1 aliphatic rings. The molecule has 0 amide bonds. The lowest BCUT2D eigenvalue weighted by Crippen LogP contribution is -2.44. The average molecular weight is 288 g/mol. The first-order valence-electron chi connectivity index (χ1n) is 7.36. The summed E-state index contributed by atoms with van der Waals surface area (Å²) in [6.45, 7) is 6.14. The number of anilines is 1. The highest BCUT2D eigenvalue weighted by Gasteiger charge is 2.15. The first-order chi connectivity index (χ1) is 10.3. The van der Waals surface area contributed by atoms with Crippen molar-refractivity contribution in [2.24, 2.45) is 0 Å². The van der Waals surface area contributed by atoms with Gasteiger partial charge in [0.05, 0.1) is 18.7 Å². The third kappa shape index (κ3) is 3.00. The summed E-state index contributed by atoms with van der Waals surface area (Å²) in [4.78, 5) is 18.4. The van der Waals surface area contributed by atoms with Crippen LogP contribution in [0, 0.1) is 0 Å². The minimum absolute atomic E-state index is 0.219. The molecule has 6 nitrogen and oxygen atoms in total. The van der Waals surface area contributed by atoms with Crippen LogP contribution in [0.1, 0.15) is 12.6 Å². The molecule has 0 radical (unpaired) electrons. The maximum absolute atomic E-state index is 11.6. The average Bonchev–Trinajstić information content (AvgIpc) is 2.90. The fourth-order valence-corrected chi connectivity index (χ4v) is 2.64. The van der Waals surface area contributed by atoms with Gasteiger partial charge < -0.3 is 15.0 Å². The van der Waals surface area contributed by atoms with Crippen molar-refractivity contribution in [3.8, 4) is 0 Å². The van der Waals surface area contributed by atoms with Crippen LogP contribution in [0.2, 0.25) is 0 Å². The van der Waals surface area contributed by atoms with Crippen molar-refractivity contribution in [3.63, 3.8) is 0 Å². The van der Waals surface area contributed by atoms with E-state index in [-0.39, 0.29) is 12.4 Å². The number of hydrogen-bond donors (Lipinski definition) is 1. The number of esters is 1. The van der Waals surface area contributed by atoms with Crippen LogP contribution in [-0.4, -0.2) is 48.1 Å². The number of ether oxygens (including phenoxy) is 1. The second-order valence-electron chi connectivity index (χ2n) is 5.06. The summed E-state index contributed by atoms with van der Waals surface area (Å²) in [5.41, 5.74) is 1.61. The van der Waals surface area contributed by atoms with Gasteiger partial charge in [-0.25, -0.2) is 4.98 Å². The lowest BCUT2D eigenvalue weighted by molar-refractivity contribution is -0.142. The Balaban J connectivity index is 1.88. The zero-order valence-electron chi connectivity index (χ0n) is 12.2. The van der Waals surface area contributed by atoms with E-state index in [9.17, 15) is 4.79 Å². The summed E-state index contributed by atoms with van der Waals surface area (Å²) < 4.78 is 7.04. The fraction of sp³-hybridized carbons (Fsp3) is 0.467. The van der Waals surface area contributed by atoms with Crippen LogP contribution >= 0.6 is 0 Å². The van der Waals surface area contributed by atoms with Crippen molar-refractivity contribution >= 4 is 17.4 Å². The van der Waals surface area contributed by atoms with Crippen molar-refractivity contribution in [2.75, 3.05) is 37.7 Å². The van der Waals surface area contributed by atoms with E-state index >= 15 is 0 Å². The summed E-state index contributed by atoms with van der Waals surface area (Å²) in [5.74, 6) is 0.890. The Morgan fingerprint density at radius 2 is 2.19 bits per heavy atom. The first kappa shape index (κ1) is 13.9. The van der Waals surface area contributed by atoms with Gasteiger partial charge in [-0.15, -0.1) is 0 Å². The first-order valence-corrected chi connectivity index (χ1v) is 7.36. The number of rotatable bonds is 4. The minimum atomic E-state index is -0.232. The lowest BCUT2D eigenvalue weighted by atomic mass is 10.3. The molecular formula is C15H20N4O2. The molecule has 0 aromatic carbocycles. The molecule has 0 bridgehead atoms. The van der Waals surface area contributed by atoms with Gasteiger partial charge in [0.1, 0.15) is 11.5 Å². The van der Waals surface area contributed by atoms with Crippen LogP contribution in [-0.2, 0) is 16.0 Å². The van der Waals surface area contributed by atoms with Crippen LogP contribution in [0.3, 0.4) is 0 Å². The molecule has 3 rings (SSSR count). The number of aromatic nitrogens is 2. The second kappa shape index (κ2) is 6.13. The number of piperazine rings is 1. The standard InChI is InChI=1S/C15H20N4O2/c1-2-21-15(20)10-12-11-19-13(17-12)4-3-5-14(19)18-8-6-16-7-9-18/h3-5,11,16H,2,6-10H2,1H3. The number of carbonyl (C=O) groups excluding carboxylic acids is 1. The van der Waals surface area contributed by atoms with Gasteiger partial charge in [-0.05, 0) is 19.1 Å². The maximum atomic E-state index is 11.6. The van der Waals surface area contributed by atoms with Gasteiger partial charge in [-0.2, -0.15) is 0 Å².